The lowest BCUT2D eigenvalue weighted by Gasteiger charge is -1.92. The number of nitrogens with one attached hydrogen (secondary N) is 1. The number of halogens is 1. The standard InChI is InChI=1S/C7H6ClNO/c1-2-5-6(8)3-4-9-7(5)10/h2-4H,1H2,(H,9,10). The molecule has 0 bridgehead atoms. The van der Waals surface area contributed by atoms with Gasteiger partial charge in [-0.25, -0.2) is 0 Å². The fourth-order valence-electron chi connectivity index (χ4n) is 0.657. The second-order valence-corrected chi connectivity index (χ2v) is 2.18. The van der Waals surface area contributed by atoms with Gasteiger partial charge >= 0.3 is 0 Å². The Morgan fingerprint density at radius 1 is 1.70 bits per heavy atom. The molecule has 0 spiro atoms. The van der Waals surface area contributed by atoms with E-state index in [0.29, 0.717) is 10.6 Å². The lowest BCUT2D eigenvalue weighted by atomic mass is 10.3. The fraction of sp³-hybridized carbons (Fsp3) is 0. The first-order chi connectivity index (χ1) is 4.75. The van der Waals surface area contributed by atoms with Crippen molar-refractivity contribution < 1.29 is 0 Å². The maximum Gasteiger partial charge on any atom is 0.256 e. The Morgan fingerprint density at radius 2 is 2.40 bits per heavy atom. The zero-order valence-electron chi connectivity index (χ0n) is 5.23. The number of aromatic amines is 1. The van der Waals surface area contributed by atoms with Crippen LogP contribution in [0.4, 0.5) is 0 Å². The van der Waals surface area contributed by atoms with Gasteiger partial charge in [0.2, 0.25) is 0 Å². The summed E-state index contributed by atoms with van der Waals surface area (Å²) in [5.74, 6) is 0. The molecule has 0 atom stereocenters. The molecule has 2 nitrogen and oxygen atoms in total. The van der Waals surface area contributed by atoms with Gasteiger partial charge in [0.25, 0.3) is 5.56 Å². The molecule has 0 unspecified atom stereocenters. The molecular formula is C7H6ClNO. The molecule has 1 aromatic rings. The molecule has 52 valence electrons. The summed E-state index contributed by atoms with van der Waals surface area (Å²) in [4.78, 5) is 13.3. The fourth-order valence-corrected chi connectivity index (χ4v) is 0.883. The highest BCUT2D eigenvalue weighted by molar-refractivity contribution is 6.31. The van der Waals surface area contributed by atoms with Crippen molar-refractivity contribution in [2.24, 2.45) is 0 Å². The van der Waals surface area contributed by atoms with Crippen LogP contribution in [-0.2, 0) is 0 Å². The third-order valence-corrected chi connectivity index (χ3v) is 1.48. The SMILES string of the molecule is C=Cc1c(Cl)cc[nH]c1=O. The molecule has 10 heavy (non-hydrogen) atoms. The van der Waals surface area contributed by atoms with Gasteiger partial charge in [-0.2, -0.15) is 0 Å². The molecule has 0 fully saturated rings. The van der Waals surface area contributed by atoms with Gasteiger partial charge < -0.3 is 4.98 Å². The summed E-state index contributed by atoms with van der Waals surface area (Å²) in [6, 6.07) is 1.61. The number of aromatic nitrogens is 1. The summed E-state index contributed by atoms with van der Waals surface area (Å²) >= 11 is 5.64. The van der Waals surface area contributed by atoms with Crippen LogP contribution >= 0.6 is 11.6 Å². The highest BCUT2D eigenvalue weighted by Gasteiger charge is 1.97. The van der Waals surface area contributed by atoms with E-state index in [1.807, 2.05) is 0 Å². The van der Waals surface area contributed by atoms with E-state index >= 15 is 0 Å². The second-order valence-electron chi connectivity index (χ2n) is 1.77. The number of hydrogen-bond acceptors (Lipinski definition) is 1. The number of hydrogen-bond donors (Lipinski definition) is 1. The number of rotatable bonds is 1. The van der Waals surface area contributed by atoms with Crippen LogP contribution in [0.15, 0.2) is 23.6 Å². The summed E-state index contributed by atoms with van der Waals surface area (Å²) in [5.41, 5.74) is 0.215. The van der Waals surface area contributed by atoms with Crippen molar-refractivity contribution in [3.05, 3.63) is 39.8 Å². The summed E-state index contributed by atoms with van der Waals surface area (Å²) in [5, 5.41) is 0.429. The lowest BCUT2D eigenvalue weighted by Crippen LogP contribution is -2.07. The van der Waals surface area contributed by atoms with E-state index in [4.69, 9.17) is 11.6 Å². The van der Waals surface area contributed by atoms with Crippen molar-refractivity contribution in [3.8, 4) is 0 Å². The van der Waals surface area contributed by atoms with Gasteiger partial charge in [0.1, 0.15) is 0 Å². The Labute approximate surface area is 63.2 Å². The summed E-state index contributed by atoms with van der Waals surface area (Å²) < 4.78 is 0. The first-order valence-corrected chi connectivity index (χ1v) is 3.13. The highest BCUT2D eigenvalue weighted by Crippen LogP contribution is 2.09. The van der Waals surface area contributed by atoms with Crippen LogP contribution in [0.5, 0.6) is 0 Å². The molecule has 0 radical (unpaired) electrons. The Balaban J connectivity index is 3.45. The van der Waals surface area contributed by atoms with Crippen molar-refractivity contribution >= 4 is 17.7 Å². The Bertz CT molecular complexity index is 303. The molecule has 0 saturated carbocycles. The average Bonchev–Trinajstić information content (AvgIpc) is 1.88. The Hall–Kier alpha value is -1.02. The van der Waals surface area contributed by atoms with Gasteiger partial charge in [-0.3, -0.25) is 4.79 Å². The average molecular weight is 156 g/mol. The zero-order valence-corrected chi connectivity index (χ0v) is 5.98. The topological polar surface area (TPSA) is 32.9 Å². The number of H-pyrrole nitrogens is 1. The van der Waals surface area contributed by atoms with Crippen LogP contribution in [0, 0.1) is 0 Å². The van der Waals surface area contributed by atoms with E-state index in [1.165, 1.54) is 12.3 Å². The summed E-state index contributed by atoms with van der Waals surface area (Å²) in [6.07, 6.45) is 2.93. The third kappa shape index (κ3) is 1.11. The molecule has 0 saturated heterocycles. The van der Waals surface area contributed by atoms with Gasteiger partial charge in [0.15, 0.2) is 0 Å². The monoisotopic (exact) mass is 155 g/mol. The third-order valence-electron chi connectivity index (χ3n) is 1.15. The second kappa shape index (κ2) is 2.71. The molecule has 0 aliphatic rings. The first kappa shape index (κ1) is 7.09. The van der Waals surface area contributed by atoms with Crippen LogP contribution in [0.25, 0.3) is 6.08 Å². The highest BCUT2D eigenvalue weighted by atomic mass is 35.5. The minimum Gasteiger partial charge on any atom is -0.329 e. The van der Waals surface area contributed by atoms with E-state index in [2.05, 4.69) is 11.6 Å². The van der Waals surface area contributed by atoms with Crippen molar-refractivity contribution in [1.29, 1.82) is 0 Å². The molecular weight excluding hydrogens is 150 g/mol. The number of pyridine rings is 1. The normalized spacial score (nSPS) is 9.30. The maximum atomic E-state index is 10.9. The van der Waals surface area contributed by atoms with Gasteiger partial charge in [-0.1, -0.05) is 24.3 Å². The van der Waals surface area contributed by atoms with E-state index in [9.17, 15) is 4.79 Å². The molecule has 0 aromatic carbocycles. The van der Waals surface area contributed by atoms with Crippen LogP contribution in [0.2, 0.25) is 5.02 Å². The molecule has 1 heterocycles. The lowest BCUT2D eigenvalue weighted by molar-refractivity contribution is 1.23. The quantitative estimate of drug-likeness (QED) is 0.658. The largest absolute Gasteiger partial charge is 0.329 e. The molecule has 0 aliphatic heterocycles. The van der Waals surface area contributed by atoms with Crippen LogP contribution in [-0.4, -0.2) is 4.98 Å². The van der Waals surface area contributed by atoms with Crippen LogP contribution in [0.3, 0.4) is 0 Å². The maximum absolute atomic E-state index is 10.9. The van der Waals surface area contributed by atoms with Crippen molar-refractivity contribution in [1.82, 2.24) is 4.98 Å². The van der Waals surface area contributed by atoms with E-state index in [1.54, 1.807) is 6.07 Å². The van der Waals surface area contributed by atoms with Crippen LogP contribution < -0.4 is 5.56 Å². The minimum atomic E-state index is -0.206. The molecule has 0 aliphatic carbocycles. The zero-order chi connectivity index (χ0) is 7.56. The van der Waals surface area contributed by atoms with E-state index < -0.39 is 0 Å². The molecule has 1 aromatic heterocycles. The van der Waals surface area contributed by atoms with E-state index in [0.717, 1.165) is 0 Å². The van der Waals surface area contributed by atoms with Gasteiger partial charge in [0, 0.05) is 6.20 Å². The smallest absolute Gasteiger partial charge is 0.256 e. The van der Waals surface area contributed by atoms with Crippen molar-refractivity contribution in [3.63, 3.8) is 0 Å². The first-order valence-electron chi connectivity index (χ1n) is 2.75. The molecule has 1 rings (SSSR count). The van der Waals surface area contributed by atoms with Gasteiger partial charge in [-0.15, -0.1) is 0 Å². The summed E-state index contributed by atoms with van der Waals surface area (Å²) in [7, 11) is 0. The molecule has 0 amide bonds. The summed E-state index contributed by atoms with van der Waals surface area (Å²) in [6.45, 7) is 3.45. The Morgan fingerprint density at radius 3 is 2.80 bits per heavy atom. The van der Waals surface area contributed by atoms with Crippen molar-refractivity contribution in [2.45, 2.75) is 0 Å². The predicted molar refractivity (Wildman–Crippen MR) is 42.2 cm³/mol. The van der Waals surface area contributed by atoms with E-state index in [-0.39, 0.29) is 5.56 Å². The molecule has 3 heteroatoms. The van der Waals surface area contributed by atoms with Crippen LogP contribution in [0.1, 0.15) is 5.56 Å². The minimum absolute atomic E-state index is 0.206. The van der Waals surface area contributed by atoms with Crippen molar-refractivity contribution in [2.75, 3.05) is 0 Å². The predicted octanol–water partition coefficient (Wildman–Crippen LogP) is 1.67. The van der Waals surface area contributed by atoms with Gasteiger partial charge in [-0.05, 0) is 6.07 Å². The molecule has 1 N–H and O–H groups in total. The van der Waals surface area contributed by atoms with Gasteiger partial charge in [0.05, 0.1) is 10.6 Å². The Kier molecular flexibility index (Phi) is 1.92.